The largest absolute Gasteiger partial charge is 0.497 e. The van der Waals surface area contributed by atoms with Crippen LogP contribution in [0.4, 0.5) is 5.82 Å². The van der Waals surface area contributed by atoms with Crippen molar-refractivity contribution in [2.45, 2.75) is 14.4 Å². The van der Waals surface area contributed by atoms with Crippen LogP contribution in [0.3, 0.4) is 0 Å². The van der Waals surface area contributed by atoms with Gasteiger partial charge in [-0.3, -0.25) is 0 Å². The fourth-order valence-electron chi connectivity index (χ4n) is 2.71. The molecule has 0 radical (unpaired) electrons. The molecule has 0 atom stereocenters. The predicted octanol–water partition coefficient (Wildman–Crippen LogP) is 3.84. The maximum Gasteiger partial charge on any atom is 0.206 e. The molecule has 1 heterocycles. The lowest BCUT2D eigenvalue weighted by molar-refractivity contribution is 0.414. The van der Waals surface area contributed by atoms with E-state index >= 15 is 0 Å². The summed E-state index contributed by atoms with van der Waals surface area (Å²) in [5, 5.41) is 0. The third-order valence-electron chi connectivity index (χ3n) is 4.43. The van der Waals surface area contributed by atoms with E-state index in [1.54, 1.807) is 6.07 Å². The number of rotatable bonds is 8. The highest BCUT2D eigenvalue weighted by molar-refractivity contribution is 9.10. The van der Waals surface area contributed by atoms with E-state index < -0.39 is 24.3 Å². The van der Waals surface area contributed by atoms with Crippen LogP contribution in [0.1, 0.15) is 0 Å². The zero-order valence-electron chi connectivity index (χ0n) is 17.0. The zero-order valence-corrected chi connectivity index (χ0v) is 20.3. The molecule has 0 amide bonds. The van der Waals surface area contributed by atoms with Gasteiger partial charge in [0.05, 0.1) is 24.0 Å². The average Bonchev–Trinajstić information content (AvgIpc) is 2.80. The molecule has 0 bridgehead atoms. The first-order valence-corrected chi connectivity index (χ1v) is 13.0. The summed E-state index contributed by atoms with van der Waals surface area (Å²) in [5.74, 6) is 1.03. The van der Waals surface area contributed by atoms with Gasteiger partial charge in [0.15, 0.2) is 5.82 Å². The molecular weight excluding hydrogens is 520 g/mol. The first-order chi connectivity index (χ1) is 15.2. The first-order valence-electron chi connectivity index (χ1n) is 9.10. The standard InChI is InChI=1S/C21H19BrN2O6S2/c1-29-16-4-8-18(9-5-16)31(25,26)21(14-24-20-12-3-15(22)13-23-20)32(27,28)19-10-6-17(30-2)7-11-19/h3-14,21H,1-2H3. The maximum absolute atomic E-state index is 13.4. The van der Waals surface area contributed by atoms with Gasteiger partial charge in [-0.1, -0.05) is 0 Å². The van der Waals surface area contributed by atoms with Gasteiger partial charge in [-0.25, -0.2) is 26.8 Å². The summed E-state index contributed by atoms with van der Waals surface area (Å²) in [7, 11) is -5.89. The van der Waals surface area contributed by atoms with Gasteiger partial charge in [0.1, 0.15) is 11.5 Å². The Hall–Kier alpha value is -2.76. The van der Waals surface area contributed by atoms with E-state index in [9.17, 15) is 16.8 Å². The Balaban J connectivity index is 2.11. The predicted molar refractivity (Wildman–Crippen MR) is 124 cm³/mol. The third-order valence-corrected chi connectivity index (χ3v) is 9.74. The molecule has 2 aromatic carbocycles. The third kappa shape index (κ3) is 5.17. The molecule has 11 heteroatoms. The minimum atomic E-state index is -4.39. The number of halogens is 1. The van der Waals surface area contributed by atoms with Crippen LogP contribution in [-0.4, -0.2) is 46.8 Å². The monoisotopic (exact) mass is 538 g/mol. The lowest BCUT2D eigenvalue weighted by Gasteiger charge is -2.15. The Morgan fingerprint density at radius 2 is 1.28 bits per heavy atom. The number of nitrogens with zero attached hydrogens (tertiary/aromatic N) is 2. The van der Waals surface area contributed by atoms with E-state index in [-0.39, 0.29) is 15.6 Å². The summed E-state index contributed by atoms with van der Waals surface area (Å²) in [5.41, 5.74) is 0. The summed E-state index contributed by atoms with van der Waals surface area (Å²) < 4.78 is 62.4. The van der Waals surface area contributed by atoms with Crippen molar-refractivity contribution in [2.24, 2.45) is 4.99 Å². The highest BCUT2D eigenvalue weighted by Gasteiger charge is 2.39. The van der Waals surface area contributed by atoms with Gasteiger partial charge in [-0.15, -0.1) is 0 Å². The van der Waals surface area contributed by atoms with Gasteiger partial charge < -0.3 is 9.47 Å². The fourth-order valence-corrected chi connectivity index (χ4v) is 6.95. The van der Waals surface area contributed by atoms with Gasteiger partial charge in [0.2, 0.25) is 24.3 Å². The Morgan fingerprint density at radius 1 is 0.812 bits per heavy atom. The number of aliphatic imine (C=N–C) groups is 1. The van der Waals surface area contributed by atoms with Crippen LogP contribution in [-0.2, 0) is 19.7 Å². The normalized spacial score (nSPS) is 12.2. The first kappa shape index (κ1) is 23.9. The molecule has 8 nitrogen and oxygen atoms in total. The Morgan fingerprint density at radius 3 is 1.66 bits per heavy atom. The molecule has 0 aliphatic rings. The van der Waals surface area contributed by atoms with Gasteiger partial charge in [0.25, 0.3) is 0 Å². The topological polar surface area (TPSA) is 112 Å². The van der Waals surface area contributed by atoms with Crippen LogP contribution in [0.5, 0.6) is 11.5 Å². The van der Waals surface area contributed by atoms with Crippen molar-refractivity contribution < 1.29 is 26.3 Å². The number of ether oxygens (including phenoxy) is 2. The van der Waals surface area contributed by atoms with Crippen molar-refractivity contribution in [3.63, 3.8) is 0 Å². The van der Waals surface area contributed by atoms with Crippen LogP contribution in [0.2, 0.25) is 0 Å². The molecule has 0 spiro atoms. The highest BCUT2D eigenvalue weighted by Crippen LogP contribution is 2.28. The molecule has 0 saturated heterocycles. The van der Waals surface area contributed by atoms with Crippen molar-refractivity contribution in [1.82, 2.24) is 4.98 Å². The second kappa shape index (κ2) is 9.80. The number of pyridine rings is 1. The minimum Gasteiger partial charge on any atom is -0.497 e. The molecular formula is C21H19BrN2O6S2. The Labute approximate surface area is 194 Å². The molecule has 32 heavy (non-hydrogen) atoms. The van der Waals surface area contributed by atoms with Crippen LogP contribution >= 0.6 is 15.9 Å². The summed E-state index contributed by atoms with van der Waals surface area (Å²) in [6, 6.07) is 14.1. The van der Waals surface area contributed by atoms with Gasteiger partial charge >= 0.3 is 0 Å². The average molecular weight is 539 g/mol. The van der Waals surface area contributed by atoms with Crippen LogP contribution in [0.25, 0.3) is 0 Å². The second-order valence-electron chi connectivity index (χ2n) is 6.42. The lowest BCUT2D eigenvalue weighted by Crippen LogP contribution is -2.32. The molecule has 0 aliphatic carbocycles. The molecule has 3 rings (SSSR count). The van der Waals surface area contributed by atoms with Crippen molar-refractivity contribution >= 4 is 47.6 Å². The molecule has 0 unspecified atom stereocenters. The van der Waals surface area contributed by atoms with E-state index in [2.05, 4.69) is 25.9 Å². The van der Waals surface area contributed by atoms with E-state index in [1.807, 2.05) is 0 Å². The van der Waals surface area contributed by atoms with E-state index in [1.165, 1.54) is 75.0 Å². The molecule has 0 saturated carbocycles. The molecule has 0 N–H and O–H groups in total. The van der Waals surface area contributed by atoms with Gasteiger partial charge in [0, 0.05) is 16.9 Å². The quantitative estimate of drug-likeness (QED) is 0.400. The van der Waals surface area contributed by atoms with Gasteiger partial charge in [-0.05, 0) is 76.6 Å². The summed E-state index contributed by atoms with van der Waals surface area (Å²) >= 11 is 3.25. The number of aromatic nitrogens is 1. The molecule has 3 aromatic rings. The summed E-state index contributed by atoms with van der Waals surface area (Å²) in [6.45, 7) is 0. The van der Waals surface area contributed by atoms with Crippen LogP contribution in [0, 0.1) is 0 Å². The number of benzene rings is 2. The molecule has 1 aromatic heterocycles. The molecule has 168 valence electrons. The number of hydrogen-bond donors (Lipinski definition) is 0. The Kier molecular flexibility index (Phi) is 7.32. The minimum absolute atomic E-state index is 0.160. The molecule has 0 fully saturated rings. The van der Waals surface area contributed by atoms with E-state index in [0.717, 1.165) is 6.21 Å². The lowest BCUT2D eigenvalue weighted by atomic mass is 10.3. The van der Waals surface area contributed by atoms with Gasteiger partial charge in [-0.2, -0.15) is 0 Å². The van der Waals surface area contributed by atoms with E-state index in [4.69, 9.17) is 9.47 Å². The Bertz CT molecular complexity index is 1230. The van der Waals surface area contributed by atoms with E-state index in [0.29, 0.717) is 16.0 Å². The second-order valence-corrected chi connectivity index (χ2v) is 11.8. The van der Waals surface area contributed by atoms with Crippen LogP contribution in [0.15, 0.2) is 86.1 Å². The summed E-state index contributed by atoms with van der Waals surface area (Å²) in [6.07, 6.45) is 2.35. The highest BCUT2D eigenvalue weighted by atomic mass is 79.9. The van der Waals surface area contributed by atoms with Crippen molar-refractivity contribution in [2.75, 3.05) is 14.2 Å². The maximum atomic E-state index is 13.4. The number of hydrogen-bond acceptors (Lipinski definition) is 8. The number of methoxy groups -OCH3 is 2. The van der Waals surface area contributed by atoms with Crippen LogP contribution < -0.4 is 9.47 Å². The van der Waals surface area contributed by atoms with Crippen molar-refractivity contribution in [1.29, 1.82) is 0 Å². The SMILES string of the molecule is COc1ccc(S(=O)(=O)C(C=Nc2ccc(Br)cn2)S(=O)(=O)c2ccc(OC)cc2)cc1. The number of sulfone groups is 2. The van der Waals surface area contributed by atoms with Crippen molar-refractivity contribution in [3.8, 4) is 11.5 Å². The molecule has 0 aliphatic heterocycles. The fraction of sp³-hybridized carbons (Fsp3) is 0.143. The zero-order chi connectivity index (χ0) is 23.4. The smallest absolute Gasteiger partial charge is 0.206 e. The summed E-state index contributed by atoms with van der Waals surface area (Å²) in [4.78, 5) is 7.70. The van der Waals surface area contributed by atoms with Crippen molar-refractivity contribution in [3.05, 3.63) is 71.3 Å².